The van der Waals surface area contributed by atoms with Gasteiger partial charge in [-0.1, -0.05) is 12.1 Å². The number of rotatable bonds is 4. The zero-order valence-corrected chi connectivity index (χ0v) is 10.4. The zero-order valence-electron chi connectivity index (χ0n) is 10.4. The van der Waals surface area contributed by atoms with E-state index in [1.54, 1.807) is 0 Å². The van der Waals surface area contributed by atoms with E-state index in [9.17, 15) is 13.9 Å². The molecule has 0 aliphatic carbocycles. The summed E-state index contributed by atoms with van der Waals surface area (Å²) in [6, 6.07) is 4.00. The Morgan fingerprint density at radius 1 is 1.29 bits per heavy atom. The van der Waals surface area contributed by atoms with E-state index >= 15 is 0 Å². The molecule has 17 heavy (non-hydrogen) atoms. The summed E-state index contributed by atoms with van der Waals surface area (Å²) < 4.78 is 26.3. The highest BCUT2D eigenvalue weighted by Crippen LogP contribution is 2.13. The molecular formula is C13H19F2NO. The van der Waals surface area contributed by atoms with E-state index < -0.39 is 17.7 Å². The van der Waals surface area contributed by atoms with Gasteiger partial charge in [-0.15, -0.1) is 0 Å². The molecule has 0 radical (unpaired) electrons. The highest BCUT2D eigenvalue weighted by Gasteiger charge is 2.15. The number of hydrogen-bond acceptors (Lipinski definition) is 2. The van der Waals surface area contributed by atoms with Crippen molar-refractivity contribution in [2.75, 3.05) is 6.54 Å². The Morgan fingerprint density at radius 3 is 2.53 bits per heavy atom. The monoisotopic (exact) mass is 243 g/mol. The van der Waals surface area contributed by atoms with Gasteiger partial charge >= 0.3 is 0 Å². The van der Waals surface area contributed by atoms with E-state index in [4.69, 9.17) is 0 Å². The summed E-state index contributed by atoms with van der Waals surface area (Å²) in [5.74, 6) is -1.75. The summed E-state index contributed by atoms with van der Waals surface area (Å²) in [6.07, 6.45) is -0.627. The summed E-state index contributed by atoms with van der Waals surface area (Å²) in [5, 5.41) is 12.8. The van der Waals surface area contributed by atoms with Crippen LogP contribution in [0, 0.1) is 11.6 Å². The molecule has 1 rings (SSSR count). The number of aliphatic hydroxyl groups is 1. The third-order valence-corrected chi connectivity index (χ3v) is 2.36. The zero-order chi connectivity index (χ0) is 13.1. The molecule has 0 fully saturated rings. The SMILES string of the molecule is CC(C)(C)NCC(O)Cc1cccc(F)c1F. The Labute approximate surface area is 101 Å². The molecule has 0 amide bonds. The molecule has 0 spiro atoms. The van der Waals surface area contributed by atoms with Crippen LogP contribution in [0.3, 0.4) is 0 Å². The largest absolute Gasteiger partial charge is 0.391 e. The summed E-state index contributed by atoms with van der Waals surface area (Å²) in [7, 11) is 0. The maximum absolute atomic E-state index is 13.3. The Hall–Kier alpha value is -1.00. The van der Waals surface area contributed by atoms with Gasteiger partial charge in [-0.05, 0) is 32.4 Å². The molecule has 0 bridgehead atoms. The van der Waals surface area contributed by atoms with Gasteiger partial charge in [0.15, 0.2) is 11.6 Å². The molecule has 0 aliphatic heterocycles. The smallest absolute Gasteiger partial charge is 0.162 e. The van der Waals surface area contributed by atoms with Gasteiger partial charge < -0.3 is 10.4 Å². The van der Waals surface area contributed by atoms with Crippen LogP contribution in [-0.4, -0.2) is 23.3 Å². The van der Waals surface area contributed by atoms with Crippen LogP contribution >= 0.6 is 0 Å². The van der Waals surface area contributed by atoms with Crippen LogP contribution in [0.1, 0.15) is 26.3 Å². The van der Waals surface area contributed by atoms with Crippen molar-refractivity contribution in [3.05, 3.63) is 35.4 Å². The van der Waals surface area contributed by atoms with Crippen LogP contribution in [0.5, 0.6) is 0 Å². The van der Waals surface area contributed by atoms with E-state index in [0.29, 0.717) is 6.54 Å². The number of halogens is 2. The van der Waals surface area contributed by atoms with Crippen LogP contribution in [-0.2, 0) is 6.42 Å². The Morgan fingerprint density at radius 2 is 1.94 bits per heavy atom. The predicted molar refractivity (Wildman–Crippen MR) is 63.8 cm³/mol. The molecule has 0 aromatic heterocycles. The van der Waals surface area contributed by atoms with Gasteiger partial charge in [-0.2, -0.15) is 0 Å². The quantitative estimate of drug-likeness (QED) is 0.850. The molecule has 1 unspecified atom stereocenters. The third-order valence-electron chi connectivity index (χ3n) is 2.36. The highest BCUT2D eigenvalue weighted by molar-refractivity contribution is 5.19. The number of β-amino-alcohol motifs (C(OH)–C–C–N with tert-alkyl or cyclic N) is 1. The van der Waals surface area contributed by atoms with Gasteiger partial charge in [-0.3, -0.25) is 0 Å². The second kappa shape index (κ2) is 5.56. The molecule has 1 aromatic carbocycles. The molecule has 2 N–H and O–H groups in total. The van der Waals surface area contributed by atoms with E-state index in [-0.39, 0.29) is 17.5 Å². The van der Waals surface area contributed by atoms with Crippen molar-refractivity contribution in [1.82, 2.24) is 5.32 Å². The molecular weight excluding hydrogens is 224 g/mol. The summed E-state index contributed by atoms with van der Waals surface area (Å²) in [5.41, 5.74) is 0.0924. The van der Waals surface area contributed by atoms with Gasteiger partial charge in [0, 0.05) is 18.5 Å². The van der Waals surface area contributed by atoms with Gasteiger partial charge in [0.1, 0.15) is 0 Å². The lowest BCUT2D eigenvalue weighted by atomic mass is 10.0. The lowest BCUT2D eigenvalue weighted by Crippen LogP contribution is -2.41. The molecule has 96 valence electrons. The maximum Gasteiger partial charge on any atom is 0.162 e. The second-order valence-corrected chi connectivity index (χ2v) is 5.20. The number of aliphatic hydroxyl groups excluding tert-OH is 1. The normalized spacial score (nSPS) is 13.8. The summed E-state index contributed by atoms with van der Waals surface area (Å²) in [4.78, 5) is 0. The van der Waals surface area contributed by atoms with Crippen molar-refractivity contribution < 1.29 is 13.9 Å². The van der Waals surface area contributed by atoms with Crippen LogP contribution in [0.25, 0.3) is 0 Å². The fourth-order valence-electron chi connectivity index (χ4n) is 1.46. The van der Waals surface area contributed by atoms with Crippen molar-refractivity contribution in [2.24, 2.45) is 0 Å². The lowest BCUT2D eigenvalue weighted by Gasteiger charge is -2.23. The van der Waals surface area contributed by atoms with Crippen LogP contribution in [0.4, 0.5) is 8.78 Å². The molecule has 2 nitrogen and oxygen atoms in total. The molecule has 4 heteroatoms. The van der Waals surface area contributed by atoms with Gasteiger partial charge in [-0.25, -0.2) is 8.78 Å². The van der Waals surface area contributed by atoms with Crippen molar-refractivity contribution in [3.8, 4) is 0 Å². The predicted octanol–water partition coefficient (Wildman–Crippen LogP) is 2.26. The first-order valence-electron chi connectivity index (χ1n) is 5.65. The maximum atomic E-state index is 13.3. The van der Waals surface area contributed by atoms with Gasteiger partial charge in [0.2, 0.25) is 0 Å². The standard InChI is InChI=1S/C13H19F2NO/c1-13(2,3)16-8-10(17)7-9-5-4-6-11(14)12(9)15/h4-6,10,16-17H,7-8H2,1-3H3. The number of benzene rings is 1. The summed E-state index contributed by atoms with van der Waals surface area (Å²) >= 11 is 0. The van der Waals surface area contributed by atoms with E-state index in [2.05, 4.69) is 5.32 Å². The van der Waals surface area contributed by atoms with Crippen LogP contribution < -0.4 is 5.32 Å². The average molecular weight is 243 g/mol. The van der Waals surface area contributed by atoms with E-state index in [1.165, 1.54) is 12.1 Å². The lowest BCUT2D eigenvalue weighted by molar-refractivity contribution is 0.159. The molecule has 1 aromatic rings. The molecule has 0 aliphatic rings. The van der Waals surface area contributed by atoms with E-state index in [1.807, 2.05) is 20.8 Å². The first-order valence-corrected chi connectivity index (χ1v) is 5.65. The fraction of sp³-hybridized carbons (Fsp3) is 0.538. The Bertz CT molecular complexity index is 374. The third kappa shape index (κ3) is 4.79. The number of hydrogen-bond donors (Lipinski definition) is 2. The van der Waals surface area contributed by atoms with Crippen molar-refractivity contribution in [3.63, 3.8) is 0 Å². The summed E-state index contributed by atoms with van der Waals surface area (Å²) in [6.45, 7) is 6.27. The highest BCUT2D eigenvalue weighted by atomic mass is 19.2. The van der Waals surface area contributed by atoms with Crippen LogP contribution in [0.2, 0.25) is 0 Å². The molecule has 0 heterocycles. The molecule has 1 atom stereocenters. The van der Waals surface area contributed by atoms with Crippen molar-refractivity contribution >= 4 is 0 Å². The van der Waals surface area contributed by atoms with Crippen molar-refractivity contribution in [1.29, 1.82) is 0 Å². The van der Waals surface area contributed by atoms with Crippen molar-refractivity contribution in [2.45, 2.75) is 38.8 Å². The fourth-order valence-corrected chi connectivity index (χ4v) is 1.46. The van der Waals surface area contributed by atoms with E-state index in [0.717, 1.165) is 6.07 Å². The average Bonchev–Trinajstić information content (AvgIpc) is 2.21. The van der Waals surface area contributed by atoms with Crippen LogP contribution in [0.15, 0.2) is 18.2 Å². The molecule has 0 saturated carbocycles. The topological polar surface area (TPSA) is 32.3 Å². The minimum atomic E-state index is -0.876. The Balaban J connectivity index is 2.56. The Kier molecular flexibility index (Phi) is 4.60. The minimum Gasteiger partial charge on any atom is -0.391 e. The second-order valence-electron chi connectivity index (χ2n) is 5.20. The first-order chi connectivity index (χ1) is 7.79. The minimum absolute atomic E-state index is 0.104. The van der Waals surface area contributed by atoms with Gasteiger partial charge in [0.25, 0.3) is 0 Å². The van der Waals surface area contributed by atoms with Gasteiger partial charge in [0.05, 0.1) is 6.10 Å². The molecule has 0 saturated heterocycles. The first kappa shape index (κ1) is 14.1. The number of nitrogens with one attached hydrogen (secondary N) is 1.